The molecule has 1 aromatic rings. The Morgan fingerprint density at radius 3 is 2.65 bits per heavy atom. The Balaban J connectivity index is 1.53. The SMILES string of the molecule is CCCCOCCCNC1CC(c2ccccc2C)C1. The lowest BCUT2D eigenvalue weighted by Crippen LogP contribution is -2.40. The van der Waals surface area contributed by atoms with Gasteiger partial charge in [0.25, 0.3) is 0 Å². The molecule has 2 rings (SSSR count). The Morgan fingerprint density at radius 2 is 1.90 bits per heavy atom. The number of benzene rings is 1. The monoisotopic (exact) mass is 275 g/mol. The lowest BCUT2D eigenvalue weighted by molar-refractivity contribution is 0.127. The van der Waals surface area contributed by atoms with Crippen molar-refractivity contribution in [3.63, 3.8) is 0 Å². The fourth-order valence-corrected chi connectivity index (χ4v) is 2.91. The largest absolute Gasteiger partial charge is 0.381 e. The van der Waals surface area contributed by atoms with Gasteiger partial charge < -0.3 is 10.1 Å². The summed E-state index contributed by atoms with van der Waals surface area (Å²) in [5, 5.41) is 3.65. The van der Waals surface area contributed by atoms with Crippen molar-refractivity contribution in [3.8, 4) is 0 Å². The van der Waals surface area contributed by atoms with Crippen LogP contribution in [0, 0.1) is 6.92 Å². The molecule has 0 bridgehead atoms. The first kappa shape index (κ1) is 15.5. The van der Waals surface area contributed by atoms with Gasteiger partial charge in [-0.15, -0.1) is 0 Å². The summed E-state index contributed by atoms with van der Waals surface area (Å²) >= 11 is 0. The van der Waals surface area contributed by atoms with Crippen LogP contribution in [0.25, 0.3) is 0 Å². The second-order valence-corrected chi connectivity index (χ2v) is 6.00. The average Bonchev–Trinajstić information content (AvgIpc) is 2.41. The van der Waals surface area contributed by atoms with Crippen LogP contribution in [-0.2, 0) is 4.74 Å². The summed E-state index contributed by atoms with van der Waals surface area (Å²) in [6.07, 6.45) is 6.13. The molecular weight excluding hydrogens is 246 g/mol. The predicted octanol–water partition coefficient (Wildman–Crippen LogP) is 4.04. The summed E-state index contributed by atoms with van der Waals surface area (Å²) < 4.78 is 5.57. The zero-order valence-electron chi connectivity index (χ0n) is 13.0. The fourth-order valence-electron chi connectivity index (χ4n) is 2.91. The number of hydrogen-bond donors (Lipinski definition) is 1. The molecule has 0 atom stereocenters. The minimum absolute atomic E-state index is 0.718. The summed E-state index contributed by atoms with van der Waals surface area (Å²) in [5.74, 6) is 0.773. The van der Waals surface area contributed by atoms with Crippen molar-refractivity contribution in [2.24, 2.45) is 0 Å². The molecule has 112 valence electrons. The molecule has 1 saturated carbocycles. The Morgan fingerprint density at radius 1 is 1.15 bits per heavy atom. The second kappa shape index (κ2) is 8.43. The van der Waals surface area contributed by atoms with Gasteiger partial charge in [-0.3, -0.25) is 0 Å². The van der Waals surface area contributed by atoms with Crippen LogP contribution in [-0.4, -0.2) is 25.8 Å². The first-order valence-electron chi connectivity index (χ1n) is 8.18. The third-order valence-corrected chi connectivity index (χ3v) is 4.31. The van der Waals surface area contributed by atoms with E-state index in [2.05, 4.69) is 43.4 Å². The van der Waals surface area contributed by atoms with Crippen molar-refractivity contribution in [1.82, 2.24) is 5.32 Å². The van der Waals surface area contributed by atoms with Crippen LogP contribution in [0.2, 0.25) is 0 Å². The third kappa shape index (κ3) is 4.60. The predicted molar refractivity (Wildman–Crippen MR) is 85.3 cm³/mol. The quantitative estimate of drug-likeness (QED) is 0.687. The van der Waals surface area contributed by atoms with Crippen molar-refractivity contribution in [2.75, 3.05) is 19.8 Å². The van der Waals surface area contributed by atoms with Crippen molar-refractivity contribution in [2.45, 2.75) is 57.9 Å². The van der Waals surface area contributed by atoms with Gasteiger partial charge in [0.1, 0.15) is 0 Å². The highest BCUT2D eigenvalue weighted by Gasteiger charge is 2.30. The average molecular weight is 275 g/mol. The Kier molecular flexibility index (Phi) is 6.55. The molecule has 20 heavy (non-hydrogen) atoms. The minimum atomic E-state index is 0.718. The third-order valence-electron chi connectivity index (χ3n) is 4.31. The number of ether oxygens (including phenoxy) is 1. The molecule has 0 amide bonds. The Hall–Kier alpha value is -0.860. The molecule has 2 nitrogen and oxygen atoms in total. The molecule has 1 aliphatic rings. The molecule has 0 radical (unpaired) electrons. The zero-order valence-corrected chi connectivity index (χ0v) is 13.0. The van der Waals surface area contributed by atoms with Crippen molar-refractivity contribution in [3.05, 3.63) is 35.4 Å². The number of hydrogen-bond acceptors (Lipinski definition) is 2. The van der Waals surface area contributed by atoms with Gasteiger partial charge in [-0.25, -0.2) is 0 Å². The standard InChI is InChI=1S/C18H29NO/c1-3-4-11-20-12-7-10-19-17-13-16(14-17)18-9-6-5-8-15(18)2/h5-6,8-9,16-17,19H,3-4,7,10-14H2,1-2H3. The first-order valence-corrected chi connectivity index (χ1v) is 8.18. The molecule has 1 N–H and O–H groups in total. The van der Waals surface area contributed by atoms with E-state index in [1.807, 2.05) is 0 Å². The van der Waals surface area contributed by atoms with Crippen LogP contribution in [0.5, 0.6) is 0 Å². The molecule has 2 heteroatoms. The smallest absolute Gasteiger partial charge is 0.0478 e. The second-order valence-electron chi connectivity index (χ2n) is 6.00. The van der Waals surface area contributed by atoms with Crippen molar-refractivity contribution < 1.29 is 4.74 Å². The van der Waals surface area contributed by atoms with Crippen LogP contribution in [0.1, 0.15) is 56.1 Å². The highest BCUT2D eigenvalue weighted by molar-refractivity contribution is 5.31. The van der Waals surface area contributed by atoms with Gasteiger partial charge in [-0.05, 0) is 56.2 Å². The number of rotatable bonds is 9. The normalized spacial score (nSPS) is 21.7. The maximum absolute atomic E-state index is 5.57. The Labute approximate surface area is 123 Å². The first-order chi connectivity index (χ1) is 9.81. The topological polar surface area (TPSA) is 21.3 Å². The van der Waals surface area contributed by atoms with E-state index in [0.29, 0.717) is 0 Å². The fraction of sp³-hybridized carbons (Fsp3) is 0.667. The van der Waals surface area contributed by atoms with Crippen LogP contribution >= 0.6 is 0 Å². The molecular formula is C18H29NO. The Bertz CT molecular complexity index is 385. The highest BCUT2D eigenvalue weighted by atomic mass is 16.5. The van der Waals surface area contributed by atoms with Crippen LogP contribution in [0.3, 0.4) is 0 Å². The molecule has 0 saturated heterocycles. The maximum atomic E-state index is 5.57. The number of aryl methyl sites for hydroxylation is 1. The van der Waals surface area contributed by atoms with Crippen LogP contribution in [0.15, 0.2) is 24.3 Å². The number of unbranched alkanes of at least 4 members (excludes halogenated alkanes) is 1. The lowest BCUT2D eigenvalue weighted by atomic mass is 9.74. The van der Waals surface area contributed by atoms with Gasteiger partial charge >= 0.3 is 0 Å². The number of nitrogens with one attached hydrogen (secondary N) is 1. The van der Waals surface area contributed by atoms with E-state index >= 15 is 0 Å². The van der Waals surface area contributed by atoms with Crippen molar-refractivity contribution >= 4 is 0 Å². The van der Waals surface area contributed by atoms with E-state index in [-0.39, 0.29) is 0 Å². The van der Waals surface area contributed by atoms with Gasteiger partial charge in [-0.1, -0.05) is 37.6 Å². The van der Waals surface area contributed by atoms with E-state index in [1.54, 1.807) is 5.56 Å². The molecule has 0 unspecified atom stereocenters. The molecule has 0 aromatic heterocycles. The van der Waals surface area contributed by atoms with Gasteiger partial charge in [0.15, 0.2) is 0 Å². The summed E-state index contributed by atoms with van der Waals surface area (Å²) in [6.45, 7) is 7.35. The minimum Gasteiger partial charge on any atom is -0.381 e. The molecule has 0 heterocycles. The van der Waals surface area contributed by atoms with Crippen molar-refractivity contribution in [1.29, 1.82) is 0 Å². The lowest BCUT2D eigenvalue weighted by Gasteiger charge is -2.37. The summed E-state index contributed by atoms with van der Waals surface area (Å²) in [7, 11) is 0. The summed E-state index contributed by atoms with van der Waals surface area (Å²) in [4.78, 5) is 0. The van der Waals surface area contributed by atoms with Gasteiger partial charge in [0.2, 0.25) is 0 Å². The summed E-state index contributed by atoms with van der Waals surface area (Å²) in [5.41, 5.74) is 2.99. The van der Waals surface area contributed by atoms with Gasteiger partial charge in [-0.2, -0.15) is 0 Å². The molecule has 1 fully saturated rings. The van der Waals surface area contributed by atoms with Gasteiger partial charge in [0, 0.05) is 19.3 Å². The highest BCUT2D eigenvalue weighted by Crippen LogP contribution is 2.38. The zero-order chi connectivity index (χ0) is 14.2. The molecule has 0 aliphatic heterocycles. The van der Waals surface area contributed by atoms with E-state index in [1.165, 1.54) is 31.2 Å². The van der Waals surface area contributed by atoms with E-state index in [9.17, 15) is 0 Å². The summed E-state index contributed by atoms with van der Waals surface area (Å²) in [6, 6.07) is 9.53. The van der Waals surface area contributed by atoms with Crippen LogP contribution in [0.4, 0.5) is 0 Å². The van der Waals surface area contributed by atoms with E-state index < -0.39 is 0 Å². The van der Waals surface area contributed by atoms with Gasteiger partial charge in [0.05, 0.1) is 0 Å². The maximum Gasteiger partial charge on any atom is 0.0478 e. The van der Waals surface area contributed by atoms with E-state index in [4.69, 9.17) is 4.74 Å². The molecule has 1 aliphatic carbocycles. The van der Waals surface area contributed by atoms with Crippen LogP contribution < -0.4 is 5.32 Å². The van der Waals surface area contributed by atoms with E-state index in [0.717, 1.165) is 38.1 Å². The molecule has 1 aromatic carbocycles. The molecule has 0 spiro atoms.